The fourth-order valence-electron chi connectivity index (χ4n) is 2.31. The molecule has 2 rings (SSSR count). The Kier molecular flexibility index (Phi) is 4.75. The van der Waals surface area contributed by atoms with Gasteiger partial charge in [-0.15, -0.1) is 0 Å². The highest BCUT2D eigenvalue weighted by Crippen LogP contribution is 2.18. The molecule has 0 aromatic heterocycles. The maximum atomic E-state index is 11.7. The van der Waals surface area contributed by atoms with Crippen molar-refractivity contribution < 1.29 is 9.53 Å². The average Bonchev–Trinajstić information content (AvgIpc) is 2.83. The Bertz CT molecular complexity index is 339. The Morgan fingerprint density at radius 2 is 2.12 bits per heavy atom. The van der Waals surface area contributed by atoms with Gasteiger partial charge >= 0.3 is 0 Å². The van der Waals surface area contributed by atoms with Crippen LogP contribution in [0.2, 0.25) is 0 Å². The molecule has 0 bridgehead atoms. The number of carbonyl (C=O) groups is 1. The fraction of sp³-hybridized carbons (Fsp3) is 0.533. The van der Waals surface area contributed by atoms with Crippen LogP contribution in [0.3, 0.4) is 0 Å². The highest BCUT2D eigenvalue weighted by molar-refractivity contribution is 5.80. The van der Waals surface area contributed by atoms with E-state index in [1.807, 2.05) is 30.3 Å². The molecule has 1 saturated heterocycles. The van der Waals surface area contributed by atoms with E-state index in [1.165, 1.54) is 12.8 Å². The van der Waals surface area contributed by atoms with Crippen LogP contribution in [0.25, 0.3) is 0 Å². The second-order valence-corrected chi connectivity index (χ2v) is 4.73. The predicted molar refractivity (Wildman–Crippen MR) is 68.0 cm³/mol. The SMILES string of the molecule is O=C(CCCC1CCCO1)Cc1ccccc1. The molecule has 0 radical (unpaired) electrons. The zero-order chi connectivity index (χ0) is 11.9. The Hall–Kier alpha value is -1.15. The van der Waals surface area contributed by atoms with Crippen LogP contribution in [0.15, 0.2) is 30.3 Å². The lowest BCUT2D eigenvalue weighted by Gasteiger charge is -2.08. The lowest BCUT2D eigenvalue weighted by Crippen LogP contribution is -2.07. The number of benzene rings is 1. The molecule has 1 unspecified atom stereocenters. The highest BCUT2D eigenvalue weighted by atomic mass is 16.5. The van der Waals surface area contributed by atoms with Crippen molar-refractivity contribution in [1.29, 1.82) is 0 Å². The minimum atomic E-state index is 0.342. The highest BCUT2D eigenvalue weighted by Gasteiger charge is 2.15. The van der Waals surface area contributed by atoms with E-state index in [-0.39, 0.29) is 0 Å². The van der Waals surface area contributed by atoms with Crippen molar-refractivity contribution in [1.82, 2.24) is 0 Å². The van der Waals surface area contributed by atoms with Crippen molar-refractivity contribution in [2.24, 2.45) is 0 Å². The van der Waals surface area contributed by atoms with Crippen LogP contribution < -0.4 is 0 Å². The number of rotatable bonds is 6. The van der Waals surface area contributed by atoms with Crippen LogP contribution in [0.1, 0.15) is 37.7 Å². The van der Waals surface area contributed by atoms with E-state index in [4.69, 9.17) is 4.74 Å². The third-order valence-corrected chi connectivity index (χ3v) is 3.25. The first-order valence-corrected chi connectivity index (χ1v) is 6.52. The van der Waals surface area contributed by atoms with E-state index in [9.17, 15) is 4.79 Å². The minimum Gasteiger partial charge on any atom is -0.378 e. The van der Waals surface area contributed by atoms with Gasteiger partial charge in [-0.2, -0.15) is 0 Å². The smallest absolute Gasteiger partial charge is 0.137 e. The zero-order valence-corrected chi connectivity index (χ0v) is 10.2. The summed E-state index contributed by atoms with van der Waals surface area (Å²) < 4.78 is 5.54. The lowest BCUT2D eigenvalue weighted by molar-refractivity contribution is -0.118. The summed E-state index contributed by atoms with van der Waals surface area (Å²) in [4.78, 5) is 11.7. The van der Waals surface area contributed by atoms with E-state index in [0.717, 1.165) is 25.0 Å². The lowest BCUT2D eigenvalue weighted by atomic mass is 10.0. The molecule has 17 heavy (non-hydrogen) atoms. The zero-order valence-electron chi connectivity index (χ0n) is 10.2. The molecule has 1 aromatic rings. The van der Waals surface area contributed by atoms with Gasteiger partial charge in [0, 0.05) is 19.4 Å². The first kappa shape index (κ1) is 12.3. The molecule has 0 aliphatic carbocycles. The van der Waals surface area contributed by atoms with Crippen molar-refractivity contribution in [2.45, 2.75) is 44.6 Å². The molecule has 92 valence electrons. The van der Waals surface area contributed by atoms with Gasteiger partial charge in [-0.05, 0) is 31.2 Å². The van der Waals surface area contributed by atoms with Gasteiger partial charge in [0.2, 0.25) is 0 Å². The second kappa shape index (κ2) is 6.55. The maximum Gasteiger partial charge on any atom is 0.137 e. The average molecular weight is 232 g/mol. The van der Waals surface area contributed by atoms with E-state index >= 15 is 0 Å². The van der Waals surface area contributed by atoms with Crippen molar-refractivity contribution in [2.75, 3.05) is 6.61 Å². The van der Waals surface area contributed by atoms with Gasteiger partial charge in [0.1, 0.15) is 5.78 Å². The van der Waals surface area contributed by atoms with E-state index in [1.54, 1.807) is 0 Å². The molecule has 0 saturated carbocycles. The summed E-state index contributed by atoms with van der Waals surface area (Å²) >= 11 is 0. The Morgan fingerprint density at radius 1 is 1.29 bits per heavy atom. The molecule has 1 aliphatic heterocycles. The maximum absolute atomic E-state index is 11.7. The number of ketones is 1. The molecule has 1 aromatic carbocycles. The van der Waals surface area contributed by atoms with E-state index < -0.39 is 0 Å². The molecule has 0 N–H and O–H groups in total. The van der Waals surface area contributed by atoms with Crippen LogP contribution in [0.5, 0.6) is 0 Å². The third-order valence-electron chi connectivity index (χ3n) is 3.25. The Morgan fingerprint density at radius 3 is 2.82 bits per heavy atom. The third kappa shape index (κ3) is 4.31. The van der Waals surface area contributed by atoms with Gasteiger partial charge in [0.25, 0.3) is 0 Å². The van der Waals surface area contributed by atoms with Crippen molar-refractivity contribution >= 4 is 5.78 Å². The van der Waals surface area contributed by atoms with Gasteiger partial charge in [-0.25, -0.2) is 0 Å². The molecule has 1 aliphatic rings. The van der Waals surface area contributed by atoms with Crippen LogP contribution in [-0.4, -0.2) is 18.5 Å². The first-order valence-electron chi connectivity index (χ1n) is 6.52. The summed E-state index contributed by atoms with van der Waals surface area (Å²) in [6.07, 6.45) is 6.05. The van der Waals surface area contributed by atoms with Crippen molar-refractivity contribution in [3.63, 3.8) is 0 Å². The topological polar surface area (TPSA) is 26.3 Å². The van der Waals surface area contributed by atoms with Gasteiger partial charge in [0.15, 0.2) is 0 Å². The van der Waals surface area contributed by atoms with Gasteiger partial charge in [-0.3, -0.25) is 4.79 Å². The van der Waals surface area contributed by atoms with Crippen molar-refractivity contribution in [3.8, 4) is 0 Å². The molecule has 1 atom stereocenters. The summed E-state index contributed by atoms with van der Waals surface area (Å²) in [6.45, 7) is 0.905. The number of ether oxygens (including phenoxy) is 1. The quantitative estimate of drug-likeness (QED) is 0.753. The number of Topliss-reactive ketones (excluding diaryl/α,β-unsaturated/α-hetero) is 1. The molecule has 0 spiro atoms. The summed E-state index contributed by atoms with van der Waals surface area (Å²) in [5.41, 5.74) is 1.12. The van der Waals surface area contributed by atoms with E-state index in [2.05, 4.69) is 0 Å². The molecular weight excluding hydrogens is 212 g/mol. The van der Waals surface area contributed by atoms with Gasteiger partial charge < -0.3 is 4.74 Å². The number of hydrogen-bond donors (Lipinski definition) is 0. The fourth-order valence-corrected chi connectivity index (χ4v) is 2.31. The first-order chi connectivity index (χ1) is 8.34. The summed E-state index contributed by atoms with van der Waals surface area (Å²) in [6, 6.07) is 9.96. The standard InChI is InChI=1S/C15H20O2/c16-14(12-13-6-2-1-3-7-13)8-4-9-15-10-5-11-17-15/h1-3,6-7,15H,4-5,8-12H2. The molecule has 2 heteroatoms. The predicted octanol–water partition coefficient (Wildman–Crippen LogP) is 3.15. The van der Waals surface area contributed by atoms with Crippen LogP contribution in [0.4, 0.5) is 0 Å². The molecule has 1 fully saturated rings. The largest absolute Gasteiger partial charge is 0.378 e. The molecule has 2 nitrogen and oxygen atoms in total. The van der Waals surface area contributed by atoms with Crippen LogP contribution in [-0.2, 0) is 16.0 Å². The minimum absolute atomic E-state index is 0.342. The monoisotopic (exact) mass is 232 g/mol. The van der Waals surface area contributed by atoms with Gasteiger partial charge in [0.05, 0.1) is 6.10 Å². The van der Waals surface area contributed by atoms with Gasteiger partial charge in [-0.1, -0.05) is 30.3 Å². The van der Waals surface area contributed by atoms with Crippen LogP contribution in [0, 0.1) is 0 Å². The summed E-state index contributed by atoms with van der Waals surface area (Å²) in [5, 5.41) is 0. The molecular formula is C15H20O2. The second-order valence-electron chi connectivity index (χ2n) is 4.73. The number of carbonyl (C=O) groups excluding carboxylic acids is 1. The van der Waals surface area contributed by atoms with E-state index in [0.29, 0.717) is 24.7 Å². The summed E-state index contributed by atoms with van der Waals surface area (Å²) in [7, 11) is 0. The Balaban J connectivity index is 1.64. The van der Waals surface area contributed by atoms with Crippen molar-refractivity contribution in [3.05, 3.63) is 35.9 Å². The van der Waals surface area contributed by atoms with Crippen LogP contribution >= 0.6 is 0 Å². The molecule has 1 heterocycles. The summed E-state index contributed by atoms with van der Waals surface area (Å²) in [5.74, 6) is 0.342. The normalized spacial score (nSPS) is 19.4. The number of hydrogen-bond acceptors (Lipinski definition) is 2. The molecule has 0 amide bonds. The Labute approximate surface area is 103 Å².